The predicted octanol–water partition coefficient (Wildman–Crippen LogP) is 2.92. The summed E-state index contributed by atoms with van der Waals surface area (Å²) in [5.74, 6) is 0. The summed E-state index contributed by atoms with van der Waals surface area (Å²) in [5, 5.41) is 11.5. The van der Waals surface area contributed by atoms with Gasteiger partial charge in [0.1, 0.15) is 0 Å². The number of nitrogens with zero attached hydrogens (tertiary/aromatic N) is 1. The van der Waals surface area contributed by atoms with Crippen LogP contribution in [0.1, 0.15) is 12.0 Å². The van der Waals surface area contributed by atoms with Crippen LogP contribution in [0.25, 0.3) is 0 Å². The highest BCUT2D eigenvalue weighted by Gasteiger charge is 2.10. The minimum atomic E-state index is -0.330. The number of aryl methyl sites for hydroxylation is 1. The summed E-state index contributed by atoms with van der Waals surface area (Å²) in [6, 6.07) is 6.87. The number of para-hydroxylation sites is 1. The molecule has 0 saturated carbocycles. The molecule has 0 N–H and O–H groups in total. The first-order valence-corrected chi connectivity index (χ1v) is 5.16. The van der Waals surface area contributed by atoms with Gasteiger partial charge in [-0.2, -0.15) is 0 Å². The van der Waals surface area contributed by atoms with Crippen LogP contribution in [-0.4, -0.2) is 10.3 Å². The second-order valence-corrected chi connectivity index (χ2v) is 3.47. The quantitative estimate of drug-likeness (QED) is 0.464. The van der Waals surface area contributed by atoms with Crippen LogP contribution in [0.4, 0.5) is 5.69 Å². The van der Waals surface area contributed by atoms with E-state index in [9.17, 15) is 10.1 Å². The number of hydrogen-bond acceptors (Lipinski definition) is 2. The third-order valence-electron chi connectivity index (χ3n) is 1.77. The molecule has 0 aliphatic rings. The summed E-state index contributed by atoms with van der Waals surface area (Å²) in [5.41, 5.74) is 1.04. The van der Waals surface area contributed by atoms with Crippen LogP contribution in [-0.2, 0) is 6.42 Å². The molecule has 0 unspecified atom stereocenters. The molecular weight excluding hydrogens is 234 g/mol. The van der Waals surface area contributed by atoms with E-state index >= 15 is 0 Å². The van der Waals surface area contributed by atoms with Crippen molar-refractivity contribution in [2.24, 2.45) is 0 Å². The normalized spacial score (nSPS) is 9.92. The molecule has 0 radical (unpaired) electrons. The van der Waals surface area contributed by atoms with Crippen molar-refractivity contribution in [2.75, 3.05) is 5.33 Å². The van der Waals surface area contributed by atoms with Crippen molar-refractivity contribution in [1.82, 2.24) is 0 Å². The van der Waals surface area contributed by atoms with Gasteiger partial charge in [-0.1, -0.05) is 34.1 Å². The highest BCUT2D eigenvalue weighted by molar-refractivity contribution is 9.09. The van der Waals surface area contributed by atoms with E-state index < -0.39 is 0 Å². The molecule has 1 aromatic carbocycles. The van der Waals surface area contributed by atoms with Gasteiger partial charge in [0.2, 0.25) is 0 Å². The van der Waals surface area contributed by atoms with Crippen molar-refractivity contribution in [3.8, 4) is 0 Å². The molecule has 1 aromatic rings. The minimum Gasteiger partial charge on any atom is -0.258 e. The van der Waals surface area contributed by atoms with Crippen LogP contribution in [0.3, 0.4) is 0 Å². The maximum absolute atomic E-state index is 10.6. The van der Waals surface area contributed by atoms with E-state index in [0.717, 1.165) is 23.7 Å². The molecule has 0 spiro atoms. The molecule has 3 nitrogen and oxygen atoms in total. The molecule has 0 atom stereocenters. The summed E-state index contributed by atoms with van der Waals surface area (Å²) >= 11 is 3.30. The van der Waals surface area contributed by atoms with Crippen LogP contribution in [0.2, 0.25) is 0 Å². The summed E-state index contributed by atoms with van der Waals surface area (Å²) < 4.78 is 0. The maximum atomic E-state index is 10.6. The number of nitro benzene ring substituents is 1. The molecule has 0 aromatic heterocycles. The fraction of sp³-hybridized carbons (Fsp3) is 0.333. The fourth-order valence-corrected chi connectivity index (χ4v) is 1.44. The Balaban J connectivity index is 2.84. The van der Waals surface area contributed by atoms with Crippen molar-refractivity contribution in [1.29, 1.82) is 0 Å². The van der Waals surface area contributed by atoms with Gasteiger partial charge in [-0.05, 0) is 12.8 Å². The summed E-state index contributed by atoms with van der Waals surface area (Å²) in [7, 11) is 0. The topological polar surface area (TPSA) is 43.1 Å². The van der Waals surface area contributed by atoms with Gasteiger partial charge in [0.05, 0.1) is 4.92 Å². The highest BCUT2D eigenvalue weighted by atomic mass is 79.9. The molecule has 0 aliphatic carbocycles. The fourth-order valence-electron chi connectivity index (χ4n) is 1.16. The number of nitro groups is 1. The molecular formula is C9H10BrNO2. The van der Waals surface area contributed by atoms with Gasteiger partial charge >= 0.3 is 0 Å². The van der Waals surface area contributed by atoms with Crippen molar-refractivity contribution in [3.63, 3.8) is 0 Å². The Kier molecular flexibility index (Phi) is 3.89. The first-order valence-electron chi connectivity index (χ1n) is 4.04. The number of hydrogen-bond donors (Lipinski definition) is 0. The second-order valence-electron chi connectivity index (χ2n) is 2.68. The monoisotopic (exact) mass is 243 g/mol. The van der Waals surface area contributed by atoms with Gasteiger partial charge in [-0.25, -0.2) is 0 Å². The van der Waals surface area contributed by atoms with Crippen molar-refractivity contribution in [2.45, 2.75) is 12.8 Å². The molecule has 0 heterocycles. The van der Waals surface area contributed by atoms with Crippen LogP contribution in [0, 0.1) is 10.1 Å². The Morgan fingerprint density at radius 1 is 1.38 bits per heavy atom. The van der Waals surface area contributed by atoms with Gasteiger partial charge in [0, 0.05) is 17.0 Å². The molecule has 70 valence electrons. The first kappa shape index (κ1) is 10.2. The Hall–Kier alpha value is -0.900. The van der Waals surface area contributed by atoms with E-state index in [-0.39, 0.29) is 10.6 Å². The van der Waals surface area contributed by atoms with E-state index in [0.29, 0.717) is 0 Å². The summed E-state index contributed by atoms with van der Waals surface area (Å²) in [4.78, 5) is 10.2. The van der Waals surface area contributed by atoms with E-state index in [2.05, 4.69) is 15.9 Å². The van der Waals surface area contributed by atoms with Crippen LogP contribution >= 0.6 is 15.9 Å². The second kappa shape index (κ2) is 4.97. The van der Waals surface area contributed by atoms with Crippen LogP contribution in [0.5, 0.6) is 0 Å². The number of benzene rings is 1. The van der Waals surface area contributed by atoms with Crippen molar-refractivity contribution >= 4 is 21.6 Å². The molecule has 0 amide bonds. The van der Waals surface area contributed by atoms with E-state index in [1.165, 1.54) is 0 Å². The zero-order valence-electron chi connectivity index (χ0n) is 7.07. The standard InChI is InChI=1S/C9H10BrNO2/c10-7-3-5-8-4-1-2-6-9(8)11(12)13/h1-2,4,6H,3,5,7H2. The Morgan fingerprint density at radius 2 is 2.08 bits per heavy atom. The minimum absolute atomic E-state index is 0.225. The predicted molar refractivity (Wildman–Crippen MR) is 55.2 cm³/mol. The Labute approximate surface area is 85.0 Å². The lowest BCUT2D eigenvalue weighted by molar-refractivity contribution is -0.385. The van der Waals surface area contributed by atoms with Gasteiger partial charge in [0.15, 0.2) is 0 Å². The van der Waals surface area contributed by atoms with Gasteiger partial charge in [-0.15, -0.1) is 0 Å². The van der Waals surface area contributed by atoms with Crippen molar-refractivity contribution in [3.05, 3.63) is 39.9 Å². The van der Waals surface area contributed by atoms with Crippen LogP contribution in [0.15, 0.2) is 24.3 Å². The lowest BCUT2D eigenvalue weighted by atomic mass is 10.1. The third-order valence-corrected chi connectivity index (χ3v) is 2.33. The number of rotatable bonds is 4. The average Bonchev–Trinajstić information content (AvgIpc) is 2.15. The highest BCUT2D eigenvalue weighted by Crippen LogP contribution is 2.19. The van der Waals surface area contributed by atoms with Crippen LogP contribution < -0.4 is 0 Å². The summed E-state index contributed by atoms with van der Waals surface area (Å²) in [6.07, 6.45) is 1.67. The SMILES string of the molecule is O=[N+]([O-])c1ccccc1CCCBr. The molecule has 0 fully saturated rings. The van der Waals surface area contributed by atoms with E-state index in [1.807, 2.05) is 6.07 Å². The maximum Gasteiger partial charge on any atom is 0.272 e. The van der Waals surface area contributed by atoms with Gasteiger partial charge < -0.3 is 0 Å². The molecule has 0 bridgehead atoms. The first-order chi connectivity index (χ1) is 6.25. The molecule has 4 heteroatoms. The van der Waals surface area contributed by atoms with Gasteiger partial charge in [-0.3, -0.25) is 10.1 Å². The summed E-state index contributed by atoms with van der Waals surface area (Å²) in [6.45, 7) is 0. The van der Waals surface area contributed by atoms with E-state index in [4.69, 9.17) is 0 Å². The largest absolute Gasteiger partial charge is 0.272 e. The molecule has 0 saturated heterocycles. The zero-order valence-corrected chi connectivity index (χ0v) is 8.66. The lowest BCUT2D eigenvalue weighted by Crippen LogP contribution is -1.95. The number of alkyl halides is 1. The molecule has 1 rings (SSSR count). The molecule has 13 heavy (non-hydrogen) atoms. The third kappa shape index (κ3) is 2.81. The molecule has 0 aliphatic heterocycles. The Morgan fingerprint density at radius 3 is 2.69 bits per heavy atom. The zero-order chi connectivity index (χ0) is 9.68. The van der Waals surface area contributed by atoms with Gasteiger partial charge in [0.25, 0.3) is 5.69 Å². The van der Waals surface area contributed by atoms with Crippen molar-refractivity contribution < 1.29 is 4.92 Å². The lowest BCUT2D eigenvalue weighted by Gasteiger charge is -1.99. The average molecular weight is 244 g/mol. The smallest absolute Gasteiger partial charge is 0.258 e. The van der Waals surface area contributed by atoms with E-state index in [1.54, 1.807) is 18.2 Å². The Bertz CT molecular complexity index is 301. The number of halogens is 1.